The van der Waals surface area contributed by atoms with Gasteiger partial charge in [0.2, 0.25) is 0 Å². The Morgan fingerprint density at radius 3 is 2.53 bits per heavy atom. The molecule has 0 spiro atoms. The number of benzene rings is 1. The maximum absolute atomic E-state index is 11.9. The van der Waals surface area contributed by atoms with Crippen molar-refractivity contribution in [3.63, 3.8) is 0 Å². The number of hydrazone groups is 1. The van der Waals surface area contributed by atoms with Gasteiger partial charge in [0.1, 0.15) is 12.0 Å². The Hall–Kier alpha value is -2.25. The molecule has 0 aliphatic heterocycles. The summed E-state index contributed by atoms with van der Waals surface area (Å²) in [7, 11) is 0. The molecule has 0 amide bonds. The zero-order valence-electron chi connectivity index (χ0n) is 9.90. The Kier molecular flexibility index (Phi) is 5.16. The molecule has 0 aliphatic rings. The Labute approximate surface area is 107 Å². The van der Waals surface area contributed by atoms with Crippen molar-refractivity contribution in [3.8, 4) is 5.75 Å². The SMILES string of the molecule is CCOC(=O)C=NNc1ccc(OC(F)(F)F)cc1. The second kappa shape index (κ2) is 6.62. The predicted molar refractivity (Wildman–Crippen MR) is 61.9 cm³/mol. The molecule has 0 unspecified atom stereocenters. The molecule has 1 rings (SSSR count). The topological polar surface area (TPSA) is 59.9 Å². The second-order valence-electron chi connectivity index (χ2n) is 3.19. The number of hydrogen-bond donors (Lipinski definition) is 1. The Morgan fingerprint density at radius 1 is 1.37 bits per heavy atom. The van der Waals surface area contributed by atoms with Gasteiger partial charge in [-0.1, -0.05) is 0 Å². The van der Waals surface area contributed by atoms with Crippen LogP contribution in [0.15, 0.2) is 29.4 Å². The van der Waals surface area contributed by atoms with E-state index in [2.05, 4.69) is 20.0 Å². The van der Waals surface area contributed by atoms with Gasteiger partial charge in [-0.3, -0.25) is 5.43 Å². The summed E-state index contributed by atoms with van der Waals surface area (Å²) in [4.78, 5) is 10.9. The van der Waals surface area contributed by atoms with E-state index in [4.69, 9.17) is 0 Å². The van der Waals surface area contributed by atoms with Crippen LogP contribution in [-0.2, 0) is 9.53 Å². The molecule has 8 heteroatoms. The summed E-state index contributed by atoms with van der Waals surface area (Å²) in [5, 5.41) is 3.55. The summed E-state index contributed by atoms with van der Waals surface area (Å²) in [6.45, 7) is 1.88. The lowest BCUT2D eigenvalue weighted by molar-refractivity contribution is -0.274. The van der Waals surface area contributed by atoms with E-state index in [9.17, 15) is 18.0 Å². The van der Waals surface area contributed by atoms with Crippen LogP contribution < -0.4 is 10.2 Å². The van der Waals surface area contributed by atoms with E-state index in [0.29, 0.717) is 5.69 Å². The molecule has 0 heterocycles. The molecule has 0 aromatic heterocycles. The van der Waals surface area contributed by atoms with E-state index in [1.165, 1.54) is 12.1 Å². The van der Waals surface area contributed by atoms with Crippen molar-refractivity contribution in [1.82, 2.24) is 0 Å². The zero-order chi connectivity index (χ0) is 14.3. The number of esters is 1. The average molecular weight is 276 g/mol. The van der Waals surface area contributed by atoms with Crippen LogP contribution in [0.4, 0.5) is 18.9 Å². The molecule has 1 aromatic carbocycles. The van der Waals surface area contributed by atoms with E-state index in [0.717, 1.165) is 18.3 Å². The summed E-state index contributed by atoms with van der Waals surface area (Å²) in [6, 6.07) is 4.89. The quantitative estimate of drug-likeness (QED) is 0.510. The molecule has 1 N–H and O–H groups in total. The third kappa shape index (κ3) is 6.29. The van der Waals surface area contributed by atoms with Crippen molar-refractivity contribution in [1.29, 1.82) is 0 Å². The van der Waals surface area contributed by atoms with Crippen molar-refractivity contribution >= 4 is 17.9 Å². The highest BCUT2D eigenvalue weighted by atomic mass is 19.4. The first-order chi connectivity index (χ1) is 8.90. The number of hydrogen-bond acceptors (Lipinski definition) is 5. The Balaban J connectivity index is 2.51. The fraction of sp³-hybridized carbons (Fsp3) is 0.273. The third-order valence-electron chi connectivity index (χ3n) is 1.74. The highest BCUT2D eigenvalue weighted by Gasteiger charge is 2.30. The van der Waals surface area contributed by atoms with Crippen molar-refractivity contribution in [2.45, 2.75) is 13.3 Å². The van der Waals surface area contributed by atoms with E-state index in [-0.39, 0.29) is 12.4 Å². The van der Waals surface area contributed by atoms with Gasteiger partial charge in [0.25, 0.3) is 0 Å². The number of anilines is 1. The number of rotatable bonds is 5. The average Bonchev–Trinajstić information content (AvgIpc) is 2.30. The zero-order valence-corrected chi connectivity index (χ0v) is 9.90. The van der Waals surface area contributed by atoms with Gasteiger partial charge >= 0.3 is 12.3 Å². The van der Waals surface area contributed by atoms with Gasteiger partial charge in [0.15, 0.2) is 0 Å². The molecule has 0 aliphatic carbocycles. The number of nitrogens with zero attached hydrogens (tertiary/aromatic N) is 1. The molecule has 5 nitrogen and oxygen atoms in total. The smallest absolute Gasteiger partial charge is 0.462 e. The lowest BCUT2D eigenvalue weighted by atomic mass is 10.3. The van der Waals surface area contributed by atoms with Crippen LogP contribution in [0.2, 0.25) is 0 Å². The minimum absolute atomic E-state index is 0.230. The van der Waals surface area contributed by atoms with Crippen molar-refractivity contribution in [2.75, 3.05) is 12.0 Å². The van der Waals surface area contributed by atoms with Crippen molar-refractivity contribution in [2.24, 2.45) is 5.10 Å². The second-order valence-corrected chi connectivity index (χ2v) is 3.19. The van der Waals surface area contributed by atoms with Gasteiger partial charge in [0.05, 0.1) is 12.3 Å². The molecule has 1 aromatic rings. The van der Waals surface area contributed by atoms with Crippen molar-refractivity contribution in [3.05, 3.63) is 24.3 Å². The Bertz CT molecular complexity index is 443. The fourth-order valence-electron chi connectivity index (χ4n) is 1.07. The number of alkyl halides is 3. The minimum atomic E-state index is -4.73. The highest BCUT2D eigenvalue weighted by molar-refractivity contribution is 6.23. The molecule has 0 radical (unpaired) electrons. The standard InChI is InChI=1S/C11H11F3N2O3/c1-2-18-10(17)7-15-16-8-3-5-9(6-4-8)19-11(12,13)14/h3-7,16H,2H2,1H3. The van der Waals surface area contributed by atoms with Crippen LogP contribution in [0.5, 0.6) is 5.75 Å². The van der Waals surface area contributed by atoms with Gasteiger partial charge in [-0.2, -0.15) is 5.10 Å². The molecule has 104 valence electrons. The lowest BCUT2D eigenvalue weighted by Gasteiger charge is -2.08. The van der Waals surface area contributed by atoms with Crippen LogP contribution >= 0.6 is 0 Å². The molecule has 0 atom stereocenters. The summed E-state index contributed by atoms with van der Waals surface area (Å²) >= 11 is 0. The first-order valence-corrected chi connectivity index (χ1v) is 5.22. The van der Waals surface area contributed by atoms with Gasteiger partial charge in [-0.25, -0.2) is 4.79 Å². The number of carbonyl (C=O) groups excluding carboxylic acids is 1. The van der Waals surface area contributed by atoms with Gasteiger partial charge in [-0.15, -0.1) is 13.2 Å². The van der Waals surface area contributed by atoms with E-state index < -0.39 is 12.3 Å². The molecule has 0 saturated carbocycles. The van der Waals surface area contributed by atoms with Crippen molar-refractivity contribution < 1.29 is 27.4 Å². The fourth-order valence-corrected chi connectivity index (χ4v) is 1.07. The number of carbonyl (C=O) groups is 1. The molecular formula is C11H11F3N2O3. The number of halogens is 3. The third-order valence-corrected chi connectivity index (χ3v) is 1.74. The number of nitrogens with one attached hydrogen (secondary N) is 1. The first kappa shape index (κ1) is 14.8. The predicted octanol–water partition coefficient (Wildman–Crippen LogP) is 2.55. The minimum Gasteiger partial charge on any atom is -0.462 e. The van der Waals surface area contributed by atoms with E-state index >= 15 is 0 Å². The number of ether oxygens (including phenoxy) is 2. The monoisotopic (exact) mass is 276 g/mol. The van der Waals surface area contributed by atoms with Gasteiger partial charge in [-0.05, 0) is 31.2 Å². The normalized spacial score (nSPS) is 11.4. The van der Waals surface area contributed by atoms with E-state index in [1.54, 1.807) is 6.92 Å². The van der Waals surface area contributed by atoms with Crippen LogP contribution in [0, 0.1) is 0 Å². The molecule has 0 fully saturated rings. The highest BCUT2D eigenvalue weighted by Crippen LogP contribution is 2.23. The summed E-state index contributed by atoms with van der Waals surface area (Å²) in [5.74, 6) is -0.959. The summed E-state index contributed by atoms with van der Waals surface area (Å²) in [5.41, 5.74) is 2.85. The van der Waals surface area contributed by atoms with Gasteiger partial charge < -0.3 is 9.47 Å². The van der Waals surface area contributed by atoms with Gasteiger partial charge in [0, 0.05) is 0 Å². The molecule has 0 bridgehead atoms. The largest absolute Gasteiger partial charge is 0.573 e. The Morgan fingerprint density at radius 2 is 2.00 bits per heavy atom. The maximum atomic E-state index is 11.9. The molecule has 0 saturated heterocycles. The molecular weight excluding hydrogens is 265 g/mol. The van der Waals surface area contributed by atoms with Crippen LogP contribution in [0.3, 0.4) is 0 Å². The maximum Gasteiger partial charge on any atom is 0.573 e. The van der Waals surface area contributed by atoms with E-state index in [1.807, 2.05) is 0 Å². The summed E-state index contributed by atoms with van der Waals surface area (Å²) in [6.07, 6.45) is -3.80. The lowest BCUT2D eigenvalue weighted by Crippen LogP contribution is -2.16. The first-order valence-electron chi connectivity index (χ1n) is 5.22. The van der Waals surface area contributed by atoms with Crippen LogP contribution in [0.1, 0.15) is 6.92 Å². The van der Waals surface area contributed by atoms with Crippen LogP contribution in [0.25, 0.3) is 0 Å². The van der Waals surface area contributed by atoms with Crippen LogP contribution in [-0.4, -0.2) is 25.2 Å². The summed E-state index contributed by atoms with van der Waals surface area (Å²) < 4.78 is 44.0. The molecule has 19 heavy (non-hydrogen) atoms.